The van der Waals surface area contributed by atoms with Crippen molar-refractivity contribution in [1.29, 1.82) is 0 Å². The fourth-order valence-electron chi connectivity index (χ4n) is 4.79. The number of benzene rings is 2. The zero-order valence-corrected chi connectivity index (χ0v) is 17.2. The van der Waals surface area contributed by atoms with Crippen molar-refractivity contribution in [1.82, 2.24) is 9.80 Å². The summed E-state index contributed by atoms with van der Waals surface area (Å²) in [6.07, 6.45) is 2.10. The van der Waals surface area contributed by atoms with Crippen LogP contribution in [0.25, 0.3) is 0 Å². The molecule has 2 aromatic carbocycles. The van der Waals surface area contributed by atoms with Crippen LogP contribution < -0.4 is 9.47 Å². The van der Waals surface area contributed by atoms with E-state index in [0.717, 1.165) is 36.4 Å². The molecule has 3 aliphatic heterocycles. The minimum Gasteiger partial charge on any atom is -0.486 e. The molecule has 2 aromatic rings. The first-order valence-electron chi connectivity index (χ1n) is 10.9. The SMILES string of the molecule is O=C([C@H](c1ccccc1)N1CCC[C@@H]1c1ccc2c(c1)OCCO2)N1CCOCC1. The average molecular weight is 408 g/mol. The maximum Gasteiger partial charge on any atom is 0.244 e. The maximum absolute atomic E-state index is 13.7. The fraction of sp³-hybridized carbons (Fsp3) is 0.458. The largest absolute Gasteiger partial charge is 0.486 e. The van der Waals surface area contributed by atoms with E-state index < -0.39 is 0 Å². The number of carbonyl (C=O) groups excluding carboxylic acids is 1. The molecule has 0 N–H and O–H groups in total. The van der Waals surface area contributed by atoms with Crippen molar-refractivity contribution in [3.05, 3.63) is 59.7 Å². The van der Waals surface area contributed by atoms with Crippen LogP contribution in [-0.2, 0) is 9.53 Å². The van der Waals surface area contributed by atoms with Crippen LogP contribution in [0.5, 0.6) is 11.5 Å². The molecule has 0 unspecified atom stereocenters. The zero-order chi connectivity index (χ0) is 20.3. The van der Waals surface area contributed by atoms with Crippen molar-refractivity contribution in [3.63, 3.8) is 0 Å². The lowest BCUT2D eigenvalue weighted by atomic mass is 9.98. The number of carbonyl (C=O) groups is 1. The lowest BCUT2D eigenvalue weighted by molar-refractivity contribution is -0.142. The standard InChI is InChI=1S/C24H28N2O4/c27-24(25-11-13-28-14-12-25)23(18-5-2-1-3-6-18)26-10-4-7-20(26)19-8-9-21-22(17-19)30-16-15-29-21/h1-3,5-6,8-9,17,20,23H,4,7,10-16H2/t20-,23+/m1/s1. The summed E-state index contributed by atoms with van der Waals surface area (Å²) in [5.41, 5.74) is 2.24. The van der Waals surface area contributed by atoms with Gasteiger partial charge in [-0.3, -0.25) is 9.69 Å². The monoisotopic (exact) mass is 408 g/mol. The predicted octanol–water partition coefficient (Wildman–Crippen LogP) is 3.19. The van der Waals surface area contributed by atoms with Crippen LogP contribution in [0.4, 0.5) is 0 Å². The Morgan fingerprint density at radius 2 is 1.67 bits per heavy atom. The van der Waals surface area contributed by atoms with Gasteiger partial charge in [0, 0.05) is 19.1 Å². The molecule has 5 rings (SSSR count). The molecule has 0 bridgehead atoms. The van der Waals surface area contributed by atoms with E-state index in [2.05, 4.69) is 29.2 Å². The van der Waals surface area contributed by atoms with Crippen LogP contribution in [0.15, 0.2) is 48.5 Å². The van der Waals surface area contributed by atoms with E-state index in [9.17, 15) is 4.79 Å². The lowest BCUT2D eigenvalue weighted by Crippen LogP contribution is -2.47. The Morgan fingerprint density at radius 3 is 2.47 bits per heavy atom. The van der Waals surface area contributed by atoms with Crippen molar-refractivity contribution in [2.24, 2.45) is 0 Å². The summed E-state index contributed by atoms with van der Waals surface area (Å²) in [6, 6.07) is 16.3. The molecule has 2 atom stereocenters. The van der Waals surface area contributed by atoms with Crippen molar-refractivity contribution in [3.8, 4) is 11.5 Å². The van der Waals surface area contributed by atoms with Crippen molar-refractivity contribution >= 4 is 5.91 Å². The molecule has 0 aromatic heterocycles. The van der Waals surface area contributed by atoms with Gasteiger partial charge in [0.15, 0.2) is 11.5 Å². The van der Waals surface area contributed by atoms with Gasteiger partial charge in [-0.05, 0) is 42.6 Å². The second kappa shape index (κ2) is 8.66. The molecule has 2 saturated heterocycles. The number of fused-ring (bicyclic) bond motifs is 1. The first-order valence-corrected chi connectivity index (χ1v) is 10.9. The number of morpholine rings is 1. The Morgan fingerprint density at radius 1 is 0.900 bits per heavy atom. The van der Waals surface area contributed by atoms with Crippen molar-refractivity contribution in [2.45, 2.75) is 24.9 Å². The molecule has 3 aliphatic rings. The Bertz CT molecular complexity index is 882. The second-order valence-electron chi connectivity index (χ2n) is 8.05. The molecule has 158 valence electrons. The quantitative estimate of drug-likeness (QED) is 0.778. The number of likely N-dealkylation sites (tertiary alicyclic amines) is 1. The third-order valence-corrected chi connectivity index (χ3v) is 6.25. The van der Waals surface area contributed by atoms with Crippen LogP contribution in [0.2, 0.25) is 0 Å². The number of ether oxygens (including phenoxy) is 3. The van der Waals surface area contributed by atoms with E-state index in [1.165, 1.54) is 5.56 Å². The summed E-state index contributed by atoms with van der Waals surface area (Å²) in [7, 11) is 0. The van der Waals surface area contributed by atoms with Gasteiger partial charge in [-0.25, -0.2) is 0 Å². The number of rotatable bonds is 4. The van der Waals surface area contributed by atoms with Crippen LogP contribution in [0.1, 0.15) is 36.1 Å². The highest BCUT2D eigenvalue weighted by atomic mass is 16.6. The van der Waals surface area contributed by atoms with Gasteiger partial charge >= 0.3 is 0 Å². The molecule has 0 spiro atoms. The Hall–Kier alpha value is -2.57. The topological polar surface area (TPSA) is 51.2 Å². The first-order chi connectivity index (χ1) is 14.8. The van der Waals surface area contributed by atoms with Gasteiger partial charge in [0.1, 0.15) is 19.3 Å². The normalized spacial score (nSPS) is 22.7. The number of hydrogen-bond acceptors (Lipinski definition) is 5. The highest BCUT2D eigenvalue weighted by Crippen LogP contribution is 2.42. The van der Waals surface area contributed by atoms with Gasteiger partial charge < -0.3 is 19.1 Å². The maximum atomic E-state index is 13.7. The Kier molecular flexibility index (Phi) is 5.60. The predicted molar refractivity (Wildman–Crippen MR) is 113 cm³/mol. The third kappa shape index (κ3) is 3.77. The van der Waals surface area contributed by atoms with Crippen molar-refractivity contribution < 1.29 is 19.0 Å². The number of hydrogen-bond donors (Lipinski definition) is 0. The first kappa shape index (κ1) is 19.4. The highest BCUT2D eigenvalue weighted by Gasteiger charge is 2.39. The van der Waals surface area contributed by atoms with Gasteiger partial charge in [0.05, 0.1) is 13.2 Å². The summed E-state index contributed by atoms with van der Waals surface area (Å²) in [5.74, 6) is 1.79. The summed E-state index contributed by atoms with van der Waals surface area (Å²) in [5, 5.41) is 0. The molecule has 1 amide bonds. The molecule has 6 nitrogen and oxygen atoms in total. The lowest BCUT2D eigenvalue weighted by Gasteiger charge is -2.37. The molecule has 0 radical (unpaired) electrons. The van der Waals surface area contributed by atoms with Gasteiger partial charge in [-0.2, -0.15) is 0 Å². The van der Waals surface area contributed by atoms with E-state index in [4.69, 9.17) is 14.2 Å². The summed E-state index contributed by atoms with van der Waals surface area (Å²) in [4.78, 5) is 18.0. The molecule has 30 heavy (non-hydrogen) atoms. The van der Waals surface area contributed by atoms with Crippen LogP contribution in [-0.4, -0.2) is 61.8 Å². The van der Waals surface area contributed by atoms with Crippen LogP contribution in [0.3, 0.4) is 0 Å². The van der Waals surface area contributed by atoms with E-state index in [1.807, 2.05) is 29.2 Å². The van der Waals surface area contributed by atoms with E-state index >= 15 is 0 Å². The molecular weight excluding hydrogens is 380 g/mol. The molecule has 0 aliphatic carbocycles. The zero-order valence-electron chi connectivity index (χ0n) is 17.2. The van der Waals surface area contributed by atoms with Gasteiger partial charge in [0.2, 0.25) is 5.91 Å². The Balaban J connectivity index is 1.47. The molecule has 2 fully saturated rings. The average Bonchev–Trinajstić information content (AvgIpc) is 3.29. The summed E-state index contributed by atoms with van der Waals surface area (Å²) < 4.78 is 17.0. The van der Waals surface area contributed by atoms with Crippen molar-refractivity contribution in [2.75, 3.05) is 46.1 Å². The second-order valence-corrected chi connectivity index (χ2v) is 8.05. The van der Waals surface area contributed by atoms with Crippen LogP contribution >= 0.6 is 0 Å². The minimum atomic E-state index is -0.287. The van der Waals surface area contributed by atoms with Crippen LogP contribution in [0, 0.1) is 0 Å². The molecule has 3 heterocycles. The molecule has 0 saturated carbocycles. The van der Waals surface area contributed by atoms with Gasteiger partial charge in [-0.1, -0.05) is 36.4 Å². The number of nitrogens with zero attached hydrogens (tertiary/aromatic N) is 2. The summed E-state index contributed by atoms with van der Waals surface area (Å²) >= 11 is 0. The third-order valence-electron chi connectivity index (χ3n) is 6.25. The van der Waals surface area contributed by atoms with Gasteiger partial charge in [-0.15, -0.1) is 0 Å². The van der Waals surface area contributed by atoms with E-state index in [-0.39, 0.29) is 18.0 Å². The number of amides is 1. The van der Waals surface area contributed by atoms with E-state index in [1.54, 1.807) is 0 Å². The summed E-state index contributed by atoms with van der Waals surface area (Å²) in [6.45, 7) is 4.60. The minimum absolute atomic E-state index is 0.175. The van der Waals surface area contributed by atoms with E-state index in [0.29, 0.717) is 39.5 Å². The molecule has 6 heteroatoms. The smallest absolute Gasteiger partial charge is 0.244 e. The highest BCUT2D eigenvalue weighted by molar-refractivity contribution is 5.83. The molecular formula is C24H28N2O4. The van der Waals surface area contributed by atoms with Gasteiger partial charge in [0.25, 0.3) is 0 Å². The fourth-order valence-corrected chi connectivity index (χ4v) is 4.79. The Labute approximate surface area is 177 Å².